The number of aryl methyl sites for hydroxylation is 1. The molecule has 0 radical (unpaired) electrons. The van der Waals surface area contributed by atoms with Crippen molar-refractivity contribution in [2.24, 2.45) is 9.98 Å². The van der Waals surface area contributed by atoms with Crippen LogP contribution in [0.15, 0.2) is 88.8 Å². The Bertz CT molecular complexity index is 1200. The summed E-state index contributed by atoms with van der Waals surface area (Å²) in [5, 5.41) is 3.52. The molecule has 180 valence electrons. The third-order valence-electron chi connectivity index (χ3n) is 6.33. The molecule has 0 bridgehead atoms. The molecule has 5 rings (SSSR count). The highest BCUT2D eigenvalue weighted by molar-refractivity contribution is 6.10. The quantitative estimate of drug-likeness (QED) is 0.414. The number of amidine groups is 1. The second-order valence-electron chi connectivity index (χ2n) is 8.74. The fraction of sp³-hybridized carbons (Fsp3) is 0.286. The van der Waals surface area contributed by atoms with Gasteiger partial charge in [0.25, 0.3) is 0 Å². The number of rotatable bonds is 3. The van der Waals surface area contributed by atoms with Gasteiger partial charge in [0.15, 0.2) is 5.79 Å². The molecule has 1 N–H and O–H groups in total. The molecule has 0 saturated carbocycles. The van der Waals surface area contributed by atoms with Gasteiger partial charge in [-0.15, -0.1) is 0 Å². The van der Waals surface area contributed by atoms with Gasteiger partial charge in [-0.2, -0.15) is 0 Å². The highest BCUT2D eigenvalue weighted by Crippen LogP contribution is 2.31. The van der Waals surface area contributed by atoms with Crippen molar-refractivity contribution in [3.63, 3.8) is 0 Å². The van der Waals surface area contributed by atoms with Gasteiger partial charge < -0.3 is 19.7 Å². The van der Waals surface area contributed by atoms with Crippen LogP contribution in [0, 0.1) is 12.7 Å². The second-order valence-corrected chi connectivity index (χ2v) is 8.74. The number of para-hydroxylation sites is 1. The molecule has 0 aliphatic carbocycles. The third kappa shape index (κ3) is 5.58. The molecule has 0 amide bonds. The molecule has 0 unspecified atom stereocenters. The molecule has 2 aliphatic heterocycles. The van der Waals surface area contributed by atoms with E-state index in [0.717, 1.165) is 42.7 Å². The molecular formula is C28H29FN4O2. The van der Waals surface area contributed by atoms with E-state index in [1.807, 2.05) is 61.5 Å². The van der Waals surface area contributed by atoms with Crippen LogP contribution in [0.25, 0.3) is 0 Å². The van der Waals surface area contributed by atoms with Crippen LogP contribution >= 0.6 is 0 Å². The zero-order valence-electron chi connectivity index (χ0n) is 19.8. The van der Waals surface area contributed by atoms with Crippen LogP contribution in [0.1, 0.15) is 24.0 Å². The maximum absolute atomic E-state index is 13.5. The molecule has 2 saturated heterocycles. The van der Waals surface area contributed by atoms with Crippen molar-refractivity contribution in [3.05, 3.63) is 95.8 Å². The summed E-state index contributed by atoms with van der Waals surface area (Å²) in [4.78, 5) is 12.0. The molecule has 1 spiro atoms. The Morgan fingerprint density at radius 2 is 1.46 bits per heavy atom. The molecule has 3 aromatic rings. The van der Waals surface area contributed by atoms with Crippen LogP contribution in [0.5, 0.6) is 0 Å². The van der Waals surface area contributed by atoms with E-state index in [4.69, 9.17) is 19.5 Å². The number of guanidine groups is 1. The van der Waals surface area contributed by atoms with E-state index in [1.54, 1.807) is 12.1 Å². The standard InChI is InChI=1S/C28H29FN4O2/c1-21-7-5-6-10-25(21)26(30-24-13-11-22(29)12-14-24)32-27(31-23-8-3-2-4-9-23)33-17-15-28(16-18-33)34-19-20-35-28/h2-14H,15-20H2,1H3,(H,30,31,32). The monoisotopic (exact) mass is 472 g/mol. The van der Waals surface area contributed by atoms with E-state index in [2.05, 4.69) is 10.2 Å². The molecule has 3 aromatic carbocycles. The summed E-state index contributed by atoms with van der Waals surface area (Å²) in [6.45, 7) is 4.80. The number of halogens is 1. The van der Waals surface area contributed by atoms with Gasteiger partial charge in [0.05, 0.1) is 24.6 Å². The Balaban J connectivity index is 1.50. The lowest BCUT2D eigenvalue weighted by Gasteiger charge is -2.39. The number of nitrogens with one attached hydrogen (secondary N) is 1. The summed E-state index contributed by atoms with van der Waals surface area (Å²) >= 11 is 0. The number of ether oxygens (including phenoxy) is 2. The van der Waals surface area contributed by atoms with E-state index in [9.17, 15) is 4.39 Å². The Morgan fingerprint density at radius 3 is 2.14 bits per heavy atom. The summed E-state index contributed by atoms with van der Waals surface area (Å²) < 4.78 is 25.4. The average Bonchev–Trinajstić information content (AvgIpc) is 3.34. The molecule has 0 atom stereocenters. The van der Waals surface area contributed by atoms with Crippen molar-refractivity contribution in [1.29, 1.82) is 0 Å². The first-order valence-electron chi connectivity index (χ1n) is 11.9. The highest BCUT2D eigenvalue weighted by Gasteiger charge is 2.40. The van der Waals surface area contributed by atoms with Crippen molar-refractivity contribution >= 4 is 23.2 Å². The lowest BCUT2D eigenvalue weighted by atomic mass is 10.0. The average molecular weight is 473 g/mol. The van der Waals surface area contributed by atoms with Crippen LogP contribution in [-0.2, 0) is 9.47 Å². The largest absolute Gasteiger partial charge is 0.347 e. The van der Waals surface area contributed by atoms with Gasteiger partial charge >= 0.3 is 0 Å². The van der Waals surface area contributed by atoms with Gasteiger partial charge in [0.2, 0.25) is 5.96 Å². The van der Waals surface area contributed by atoms with Gasteiger partial charge in [0, 0.05) is 31.5 Å². The SMILES string of the molecule is Cc1ccccc1/C(=N\c1ccc(F)cc1)N/C(=N\c1ccccc1)N1CCC2(CC1)OCCO2. The number of nitrogens with zero attached hydrogens (tertiary/aromatic N) is 3. The molecule has 2 heterocycles. The zero-order valence-corrected chi connectivity index (χ0v) is 19.8. The molecule has 35 heavy (non-hydrogen) atoms. The van der Waals surface area contributed by atoms with Crippen molar-refractivity contribution in [2.45, 2.75) is 25.6 Å². The van der Waals surface area contributed by atoms with Gasteiger partial charge in [-0.05, 0) is 48.9 Å². The normalized spacial score (nSPS) is 18.2. The molecule has 2 aliphatic rings. The first-order valence-corrected chi connectivity index (χ1v) is 11.9. The first-order chi connectivity index (χ1) is 17.1. The van der Waals surface area contributed by atoms with Crippen LogP contribution in [0.2, 0.25) is 0 Å². The molecule has 0 aromatic heterocycles. The first kappa shape index (κ1) is 23.2. The molecule has 2 fully saturated rings. The minimum Gasteiger partial charge on any atom is -0.347 e. The van der Waals surface area contributed by atoms with E-state index >= 15 is 0 Å². The summed E-state index contributed by atoms with van der Waals surface area (Å²) in [7, 11) is 0. The number of hydrogen-bond donors (Lipinski definition) is 1. The van der Waals surface area contributed by atoms with E-state index in [1.165, 1.54) is 12.1 Å². The van der Waals surface area contributed by atoms with Crippen LogP contribution in [0.4, 0.5) is 15.8 Å². The Kier molecular flexibility index (Phi) is 6.88. The maximum atomic E-state index is 13.5. The van der Waals surface area contributed by atoms with Gasteiger partial charge in [-0.25, -0.2) is 14.4 Å². The summed E-state index contributed by atoms with van der Waals surface area (Å²) in [6.07, 6.45) is 1.52. The minimum atomic E-state index is -0.477. The van der Waals surface area contributed by atoms with Crippen LogP contribution in [0.3, 0.4) is 0 Å². The number of benzene rings is 3. The number of hydrogen-bond acceptors (Lipinski definition) is 4. The molecular weight excluding hydrogens is 443 g/mol. The summed E-state index contributed by atoms with van der Waals surface area (Å²) in [5.74, 6) is 0.584. The topological polar surface area (TPSA) is 58.5 Å². The number of piperidine rings is 1. The van der Waals surface area contributed by atoms with Gasteiger partial charge in [0.1, 0.15) is 11.7 Å². The number of likely N-dealkylation sites (tertiary alicyclic amines) is 1. The minimum absolute atomic E-state index is 0.292. The van der Waals surface area contributed by atoms with Crippen molar-refractivity contribution in [2.75, 3.05) is 26.3 Å². The van der Waals surface area contributed by atoms with E-state index < -0.39 is 5.79 Å². The molecule has 6 nitrogen and oxygen atoms in total. The second kappa shape index (κ2) is 10.4. The zero-order chi connectivity index (χ0) is 24.1. The highest BCUT2D eigenvalue weighted by atomic mass is 19.1. The smallest absolute Gasteiger partial charge is 0.204 e. The van der Waals surface area contributed by atoms with E-state index in [0.29, 0.717) is 30.7 Å². The van der Waals surface area contributed by atoms with Crippen molar-refractivity contribution < 1.29 is 13.9 Å². The predicted octanol–water partition coefficient (Wildman–Crippen LogP) is 5.33. The Morgan fingerprint density at radius 1 is 0.829 bits per heavy atom. The fourth-order valence-electron chi connectivity index (χ4n) is 4.39. The third-order valence-corrected chi connectivity index (χ3v) is 6.33. The summed E-state index contributed by atoms with van der Waals surface area (Å²) in [5.41, 5.74) is 3.52. The van der Waals surface area contributed by atoms with Crippen LogP contribution in [-0.4, -0.2) is 48.8 Å². The van der Waals surface area contributed by atoms with Crippen LogP contribution < -0.4 is 5.32 Å². The maximum Gasteiger partial charge on any atom is 0.204 e. The molecule has 7 heteroatoms. The van der Waals surface area contributed by atoms with Crippen molar-refractivity contribution in [1.82, 2.24) is 10.2 Å². The Hall–Kier alpha value is -3.55. The van der Waals surface area contributed by atoms with Crippen molar-refractivity contribution in [3.8, 4) is 0 Å². The van der Waals surface area contributed by atoms with Gasteiger partial charge in [-0.1, -0.05) is 42.5 Å². The number of aliphatic imine (C=N–C) groups is 2. The Labute approximate surface area is 205 Å². The lowest BCUT2D eigenvalue weighted by molar-refractivity contribution is -0.180. The summed E-state index contributed by atoms with van der Waals surface area (Å²) in [6, 6.07) is 24.1. The lowest BCUT2D eigenvalue weighted by Crippen LogP contribution is -2.52. The van der Waals surface area contributed by atoms with Gasteiger partial charge in [-0.3, -0.25) is 0 Å². The predicted molar refractivity (Wildman–Crippen MR) is 136 cm³/mol. The van der Waals surface area contributed by atoms with E-state index in [-0.39, 0.29) is 5.82 Å². The fourth-order valence-corrected chi connectivity index (χ4v) is 4.39.